The number of carbonyl (C=O) groups excluding carboxylic acids is 2. The number of nitrogens with zero attached hydrogens (tertiary/aromatic N) is 2. The van der Waals surface area contributed by atoms with Crippen molar-refractivity contribution < 1.29 is 9.59 Å². The lowest BCUT2D eigenvalue weighted by molar-refractivity contribution is -0.133. The zero-order valence-electron chi connectivity index (χ0n) is 10.3. The third-order valence-electron chi connectivity index (χ3n) is 3.17. The minimum absolute atomic E-state index is 0.0103. The monoisotopic (exact) mass is 232 g/mol. The van der Waals surface area contributed by atoms with Crippen molar-refractivity contribution in [3.8, 4) is 0 Å². The third kappa shape index (κ3) is 1.90. The molecule has 0 aromatic heterocycles. The molecule has 2 amide bonds. The van der Waals surface area contributed by atoms with Gasteiger partial charge < -0.3 is 9.80 Å². The van der Waals surface area contributed by atoms with Gasteiger partial charge >= 0.3 is 0 Å². The summed E-state index contributed by atoms with van der Waals surface area (Å²) in [4.78, 5) is 27.1. The summed E-state index contributed by atoms with van der Waals surface area (Å²) in [5.74, 6) is -0.368. The molecule has 2 rings (SSSR count). The van der Waals surface area contributed by atoms with Gasteiger partial charge in [-0.3, -0.25) is 9.59 Å². The first-order valence-corrected chi connectivity index (χ1v) is 5.59. The quantitative estimate of drug-likeness (QED) is 0.730. The SMILES string of the molecule is CN(C)C(=O)[C@H]1CC(=O)N(C)c2ccccc21. The fourth-order valence-corrected chi connectivity index (χ4v) is 2.18. The van der Waals surface area contributed by atoms with E-state index in [1.54, 1.807) is 30.9 Å². The predicted molar refractivity (Wildman–Crippen MR) is 65.9 cm³/mol. The lowest BCUT2D eigenvalue weighted by atomic mass is 9.88. The zero-order valence-corrected chi connectivity index (χ0v) is 10.3. The van der Waals surface area contributed by atoms with E-state index in [2.05, 4.69) is 0 Å². The van der Waals surface area contributed by atoms with Gasteiger partial charge in [-0.15, -0.1) is 0 Å². The molecule has 0 N–H and O–H groups in total. The maximum atomic E-state index is 12.1. The standard InChI is InChI=1S/C13H16N2O2/c1-14(2)13(17)10-8-12(16)15(3)11-7-5-4-6-9(10)11/h4-7,10H,8H2,1-3H3/t10-/m0/s1. The van der Waals surface area contributed by atoms with Crippen LogP contribution in [0.4, 0.5) is 5.69 Å². The van der Waals surface area contributed by atoms with Gasteiger partial charge in [0.1, 0.15) is 0 Å². The van der Waals surface area contributed by atoms with Gasteiger partial charge in [0.2, 0.25) is 11.8 Å². The molecule has 1 atom stereocenters. The topological polar surface area (TPSA) is 40.6 Å². The second-order valence-electron chi connectivity index (χ2n) is 4.50. The van der Waals surface area contributed by atoms with Crippen molar-refractivity contribution in [3.05, 3.63) is 29.8 Å². The summed E-state index contributed by atoms with van der Waals surface area (Å²) >= 11 is 0. The number of hydrogen-bond donors (Lipinski definition) is 0. The average molecular weight is 232 g/mol. The van der Waals surface area contributed by atoms with Crippen molar-refractivity contribution in [2.45, 2.75) is 12.3 Å². The number of anilines is 1. The van der Waals surface area contributed by atoms with Crippen LogP contribution in [0.25, 0.3) is 0 Å². The second kappa shape index (κ2) is 4.20. The second-order valence-corrected chi connectivity index (χ2v) is 4.50. The van der Waals surface area contributed by atoms with Gasteiger partial charge in [0.05, 0.1) is 5.92 Å². The summed E-state index contributed by atoms with van der Waals surface area (Å²) < 4.78 is 0. The molecule has 1 aromatic carbocycles. The van der Waals surface area contributed by atoms with E-state index in [-0.39, 0.29) is 24.2 Å². The molecule has 0 saturated heterocycles. The van der Waals surface area contributed by atoms with Crippen LogP contribution in [0.5, 0.6) is 0 Å². The van der Waals surface area contributed by atoms with Crippen molar-refractivity contribution in [2.24, 2.45) is 0 Å². The summed E-state index contributed by atoms with van der Waals surface area (Å²) in [5.41, 5.74) is 1.78. The van der Waals surface area contributed by atoms with Gasteiger partial charge in [0.15, 0.2) is 0 Å². The number of fused-ring (bicyclic) bond motifs is 1. The van der Waals surface area contributed by atoms with Crippen LogP contribution in [0, 0.1) is 0 Å². The van der Waals surface area contributed by atoms with Gasteiger partial charge in [-0.1, -0.05) is 18.2 Å². The molecule has 1 aliphatic rings. The van der Waals surface area contributed by atoms with Gasteiger partial charge in [-0.25, -0.2) is 0 Å². The van der Waals surface area contributed by atoms with Crippen LogP contribution < -0.4 is 4.90 Å². The molecular formula is C13H16N2O2. The highest BCUT2D eigenvalue weighted by molar-refractivity contribution is 6.02. The number of amides is 2. The summed E-state index contributed by atoms with van der Waals surface area (Å²) in [6, 6.07) is 7.58. The Bertz CT molecular complexity index is 468. The van der Waals surface area contributed by atoms with Crippen LogP contribution in [0.1, 0.15) is 17.9 Å². The Morgan fingerprint density at radius 3 is 2.65 bits per heavy atom. The maximum absolute atomic E-state index is 12.1. The van der Waals surface area contributed by atoms with Gasteiger partial charge in [-0.2, -0.15) is 0 Å². The molecule has 0 bridgehead atoms. The van der Waals surface area contributed by atoms with E-state index in [4.69, 9.17) is 0 Å². The highest BCUT2D eigenvalue weighted by Crippen LogP contribution is 2.35. The number of hydrogen-bond acceptors (Lipinski definition) is 2. The summed E-state index contributed by atoms with van der Waals surface area (Å²) in [6.07, 6.45) is 0.254. The van der Waals surface area contributed by atoms with E-state index in [1.165, 1.54) is 0 Å². The van der Waals surface area contributed by atoms with Crippen LogP contribution in [-0.4, -0.2) is 37.9 Å². The third-order valence-corrected chi connectivity index (χ3v) is 3.17. The molecule has 4 heteroatoms. The molecule has 0 radical (unpaired) electrons. The van der Waals surface area contributed by atoms with E-state index in [9.17, 15) is 9.59 Å². The highest BCUT2D eigenvalue weighted by Gasteiger charge is 2.34. The van der Waals surface area contributed by atoms with E-state index < -0.39 is 0 Å². The van der Waals surface area contributed by atoms with Crippen LogP contribution in [0.15, 0.2) is 24.3 Å². The van der Waals surface area contributed by atoms with Crippen LogP contribution >= 0.6 is 0 Å². The van der Waals surface area contributed by atoms with Crippen LogP contribution in [-0.2, 0) is 9.59 Å². The Morgan fingerprint density at radius 1 is 1.35 bits per heavy atom. The highest BCUT2D eigenvalue weighted by atomic mass is 16.2. The normalized spacial score (nSPS) is 18.9. The molecule has 0 fully saturated rings. The minimum atomic E-state index is -0.343. The smallest absolute Gasteiger partial charge is 0.230 e. The molecule has 1 heterocycles. The lowest BCUT2D eigenvalue weighted by Crippen LogP contribution is -2.38. The maximum Gasteiger partial charge on any atom is 0.230 e. The van der Waals surface area contributed by atoms with E-state index in [0.29, 0.717) is 0 Å². The fourth-order valence-electron chi connectivity index (χ4n) is 2.18. The molecule has 17 heavy (non-hydrogen) atoms. The molecular weight excluding hydrogens is 216 g/mol. The largest absolute Gasteiger partial charge is 0.348 e. The molecule has 4 nitrogen and oxygen atoms in total. The average Bonchev–Trinajstić information content (AvgIpc) is 2.33. The van der Waals surface area contributed by atoms with Crippen molar-refractivity contribution in [2.75, 3.05) is 26.0 Å². The Kier molecular flexibility index (Phi) is 2.88. The molecule has 0 aliphatic carbocycles. The number of benzene rings is 1. The first kappa shape index (κ1) is 11.6. The van der Waals surface area contributed by atoms with Gasteiger partial charge in [0.25, 0.3) is 0 Å². The Labute approximate surface area is 101 Å². The summed E-state index contributed by atoms with van der Waals surface area (Å²) in [5, 5.41) is 0. The number of likely N-dealkylation sites (N-methyl/N-ethyl adjacent to an activating group) is 1. The number of para-hydroxylation sites is 1. The summed E-state index contributed by atoms with van der Waals surface area (Å²) in [7, 11) is 5.18. The lowest BCUT2D eigenvalue weighted by Gasteiger charge is -2.32. The Hall–Kier alpha value is -1.84. The van der Waals surface area contributed by atoms with E-state index >= 15 is 0 Å². The van der Waals surface area contributed by atoms with Crippen LogP contribution in [0.2, 0.25) is 0 Å². The molecule has 90 valence electrons. The molecule has 0 spiro atoms. The van der Waals surface area contributed by atoms with Crippen molar-refractivity contribution >= 4 is 17.5 Å². The van der Waals surface area contributed by atoms with Crippen molar-refractivity contribution in [1.29, 1.82) is 0 Å². The fraction of sp³-hybridized carbons (Fsp3) is 0.385. The molecule has 1 aromatic rings. The van der Waals surface area contributed by atoms with Crippen LogP contribution in [0.3, 0.4) is 0 Å². The molecule has 0 saturated carbocycles. The summed E-state index contributed by atoms with van der Waals surface area (Å²) in [6.45, 7) is 0. The minimum Gasteiger partial charge on any atom is -0.348 e. The van der Waals surface area contributed by atoms with Crippen molar-refractivity contribution in [3.63, 3.8) is 0 Å². The molecule has 1 aliphatic heterocycles. The van der Waals surface area contributed by atoms with E-state index in [1.807, 2.05) is 24.3 Å². The van der Waals surface area contributed by atoms with Crippen molar-refractivity contribution in [1.82, 2.24) is 4.90 Å². The zero-order chi connectivity index (χ0) is 12.6. The van der Waals surface area contributed by atoms with Gasteiger partial charge in [0, 0.05) is 33.3 Å². The van der Waals surface area contributed by atoms with E-state index in [0.717, 1.165) is 11.3 Å². The first-order chi connectivity index (χ1) is 8.02. The van der Waals surface area contributed by atoms with Gasteiger partial charge in [-0.05, 0) is 11.6 Å². The number of rotatable bonds is 1. The first-order valence-electron chi connectivity index (χ1n) is 5.59. The Balaban J connectivity index is 2.47. The predicted octanol–water partition coefficient (Wildman–Crippen LogP) is 1.22. The molecule has 0 unspecified atom stereocenters. The Morgan fingerprint density at radius 2 is 2.00 bits per heavy atom. The number of carbonyl (C=O) groups is 2.